The lowest BCUT2D eigenvalue weighted by Crippen LogP contribution is -2.21. The Hall–Kier alpha value is -0.830. The van der Waals surface area contributed by atoms with Gasteiger partial charge < -0.3 is 4.90 Å². The van der Waals surface area contributed by atoms with Crippen LogP contribution in [0.5, 0.6) is 0 Å². The minimum Gasteiger partial charge on any atom is -0.360 e. The van der Waals surface area contributed by atoms with Crippen LogP contribution >= 0.6 is 11.6 Å². The first kappa shape index (κ1) is 13.2. The van der Waals surface area contributed by atoms with Crippen molar-refractivity contribution < 1.29 is 0 Å². The van der Waals surface area contributed by atoms with E-state index in [1.54, 1.807) is 6.33 Å². The number of aryl methyl sites for hydroxylation is 1. The van der Waals surface area contributed by atoms with E-state index in [0.29, 0.717) is 0 Å². The van der Waals surface area contributed by atoms with Gasteiger partial charge in [0.05, 0.1) is 0 Å². The van der Waals surface area contributed by atoms with E-state index in [2.05, 4.69) is 27.9 Å². The van der Waals surface area contributed by atoms with Crippen molar-refractivity contribution in [3.05, 3.63) is 18.1 Å². The molecule has 0 spiro atoms. The van der Waals surface area contributed by atoms with Crippen LogP contribution in [0.15, 0.2) is 12.4 Å². The van der Waals surface area contributed by atoms with Crippen LogP contribution in [0.3, 0.4) is 0 Å². The Morgan fingerprint density at radius 2 is 2.19 bits per heavy atom. The molecule has 4 heteroatoms. The van der Waals surface area contributed by atoms with E-state index in [1.165, 1.54) is 0 Å². The van der Waals surface area contributed by atoms with Crippen molar-refractivity contribution in [1.82, 2.24) is 9.97 Å². The molecule has 0 aliphatic heterocycles. The third-order valence-corrected chi connectivity index (χ3v) is 2.69. The SMILES string of the molecule is CCCc1cc(N(C)CCC(C)Cl)ncn1. The maximum atomic E-state index is 5.93. The van der Waals surface area contributed by atoms with Gasteiger partial charge in [-0.15, -0.1) is 11.6 Å². The van der Waals surface area contributed by atoms with Crippen LogP contribution in [0, 0.1) is 0 Å². The fraction of sp³-hybridized carbons (Fsp3) is 0.667. The maximum Gasteiger partial charge on any atom is 0.131 e. The lowest BCUT2D eigenvalue weighted by atomic mass is 10.2. The number of hydrogen-bond donors (Lipinski definition) is 0. The molecule has 1 unspecified atom stereocenters. The van der Waals surface area contributed by atoms with E-state index < -0.39 is 0 Å². The molecule has 1 aromatic heterocycles. The Morgan fingerprint density at radius 3 is 2.81 bits per heavy atom. The fourth-order valence-electron chi connectivity index (χ4n) is 1.47. The molecule has 1 rings (SSSR count). The van der Waals surface area contributed by atoms with Crippen LogP contribution in [0.2, 0.25) is 0 Å². The highest BCUT2D eigenvalue weighted by Crippen LogP contribution is 2.12. The van der Waals surface area contributed by atoms with Crippen molar-refractivity contribution in [2.24, 2.45) is 0 Å². The van der Waals surface area contributed by atoms with Gasteiger partial charge in [-0.2, -0.15) is 0 Å². The molecule has 0 radical (unpaired) electrons. The summed E-state index contributed by atoms with van der Waals surface area (Å²) in [6, 6.07) is 2.06. The maximum absolute atomic E-state index is 5.93. The summed E-state index contributed by atoms with van der Waals surface area (Å²) < 4.78 is 0. The predicted molar refractivity (Wildman–Crippen MR) is 69.2 cm³/mol. The number of alkyl halides is 1. The number of rotatable bonds is 6. The summed E-state index contributed by atoms with van der Waals surface area (Å²) in [6.45, 7) is 5.09. The summed E-state index contributed by atoms with van der Waals surface area (Å²) >= 11 is 5.93. The monoisotopic (exact) mass is 241 g/mol. The molecule has 0 aliphatic rings. The largest absolute Gasteiger partial charge is 0.360 e. The van der Waals surface area contributed by atoms with E-state index in [1.807, 2.05) is 14.0 Å². The molecule has 0 saturated carbocycles. The van der Waals surface area contributed by atoms with E-state index >= 15 is 0 Å². The molecule has 0 saturated heterocycles. The number of hydrogen-bond acceptors (Lipinski definition) is 3. The Balaban J connectivity index is 2.60. The van der Waals surface area contributed by atoms with Gasteiger partial charge in [0.2, 0.25) is 0 Å². The van der Waals surface area contributed by atoms with Crippen molar-refractivity contribution in [3.63, 3.8) is 0 Å². The van der Waals surface area contributed by atoms with Crippen molar-refractivity contribution in [3.8, 4) is 0 Å². The first-order chi connectivity index (χ1) is 7.63. The summed E-state index contributed by atoms with van der Waals surface area (Å²) in [6.07, 6.45) is 4.72. The van der Waals surface area contributed by atoms with E-state index in [-0.39, 0.29) is 5.38 Å². The number of nitrogens with zero attached hydrogens (tertiary/aromatic N) is 3. The van der Waals surface area contributed by atoms with Gasteiger partial charge in [-0.25, -0.2) is 9.97 Å². The first-order valence-corrected chi connectivity index (χ1v) is 6.23. The molecular formula is C12H20ClN3. The highest BCUT2D eigenvalue weighted by molar-refractivity contribution is 6.20. The Labute approximate surface area is 103 Å². The first-order valence-electron chi connectivity index (χ1n) is 5.79. The topological polar surface area (TPSA) is 29.0 Å². The van der Waals surface area contributed by atoms with Gasteiger partial charge in [-0.1, -0.05) is 13.3 Å². The molecule has 0 aliphatic carbocycles. The second kappa shape index (κ2) is 6.69. The Morgan fingerprint density at radius 1 is 1.44 bits per heavy atom. The molecule has 1 atom stereocenters. The second-order valence-corrected chi connectivity index (χ2v) is 4.85. The van der Waals surface area contributed by atoms with Crippen LogP contribution < -0.4 is 4.90 Å². The van der Waals surface area contributed by atoms with Crippen LogP contribution in [0.1, 0.15) is 32.4 Å². The predicted octanol–water partition coefficient (Wildman–Crippen LogP) is 2.88. The number of halogens is 1. The van der Waals surface area contributed by atoms with Crippen molar-refractivity contribution in [2.45, 2.75) is 38.5 Å². The molecule has 0 N–H and O–H groups in total. The Kier molecular flexibility index (Phi) is 5.53. The van der Waals surface area contributed by atoms with E-state index in [4.69, 9.17) is 11.6 Å². The smallest absolute Gasteiger partial charge is 0.131 e. The lowest BCUT2D eigenvalue weighted by Gasteiger charge is -2.18. The average Bonchev–Trinajstić information content (AvgIpc) is 2.26. The molecule has 90 valence electrons. The van der Waals surface area contributed by atoms with E-state index in [0.717, 1.165) is 37.3 Å². The van der Waals surface area contributed by atoms with Gasteiger partial charge in [0, 0.05) is 30.7 Å². The summed E-state index contributed by atoms with van der Waals surface area (Å²) in [7, 11) is 2.04. The minimum atomic E-state index is 0.208. The molecule has 0 amide bonds. The van der Waals surface area contributed by atoms with Crippen LogP contribution in [-0.4, -0.2) is 28.9 Å². The Bertz CT molecular complexity index is 315. The zero-order chi connectivity index (χ0) is 12.0. The summed E-state index contributed by atoms with van der Waals surface area (Å²) in [5.41, 5.74) is 1.11. The van der Waals surface area contributed by atoms with E-state index in [9.17, 15) is 0 Å². The van der Waals surface area contributed by atoms with Crippen molar-refractivity contribution in [2.75, 3.05) is 18.5 Å². The van der Waals surface area contributed by atoms with Crippen molar-refractivity contribution in [1.29, 1.82) is 0 Å². The quantitative estimate of drug-likeness (QED) is 0.718. The van der Waals surface area contributed by atoms with Gasteiger partial charge >= 0.3 is 0 Å². The van der Waals surface area contributed by atoms with Crippen LogP contribution in [0.25, 0.3) is 0 Å². The zero-order valence-corrected chi connectivity index (χ0v) is 11.0. The van der Waals surface area contributed by atoms with Crippen molar-refractivity contribution >= 4 is 17.4 Å². The summed E-state index contributed by atoms with van der Waals surface area (Å²) in [5, 5.41) is 0.208. The third-order valence-electron chi connectivity index (χ3n) is 2.47. The number of anilines is 1. The molecule has 3 nitrogen and oxygen atoms in total. The molecule has 16 heavy (non-hydrogen) atoms. The molecule has 0 fully saturated rings. The second-order valence-electron chi connectivity index (χ2n) is 4.11. The molecule has 0 aromatic carbocycles. The highest BCUT2D eigenvalue weighted by Gasteiger charge is 2.05. The zero-order valence-electron chi connectivity index (χ0n) is 10.3. The lowest BCUT2D eigenvalue weighted by molar-refractivity contribution is 0.761. The molecule has 0 bridgehead atoms. The third kappa shape index (κ3) is 4.35. The normalized spacial score (nSPS) is 12.5. The molecular weight excluding hydrogens is 222 g/mol. The van der Waals surface area contributed by atoms with Crippen LogP contribution in [0.4, 0.5) is 5.82 Å². The summed E-state index contributed by atoms with van der Waals surface area (Å²) in [4.78, 5) is 10.6. The van der Waals surface area contributed by atoms with Gasteiger partial charge in [0.15, 0.2) is 0 Å². The van der Waals surface area contributed by atoms with Gasteiger partial charge in [0.25, 0.3) is 0 Å². The minimum absolute atomic E-state index is 0.208. The molecule has 1 heterocycles. The standard InChI is InChI=1S/C12H20ClN3/c1-4-5-11-8-12(15-9-14-11)16(3)7-6-10(2)13/h8-10H,4-7H2,1-3H3. The van der Waals surface area contributed by atoms with Crippen LogP contribution in [-0.2, 0) is 6.42 Å². The number of aromatic nitrogens is 2. The highest BCUT2D eigenvalue weighted by atomic mass is 35.5. The average molecular weight is 242 g/mol. The fourth-order valence-corrected chi connectivity index (χ4v) is 1.57. The molecule has 1 aromatic rings. The summed E-state index contributed by atoms with van der Waals surface area (Å²) in [5.74, 6) is 0.982. The van der Waals surface area contributed by atoms with Gasteiger partial charge in [-0.05, 0) is 19.8 Å². The van der Waals surface area contributed by atoms with Gasteiger partial charge in [-0.3, -0.25) is 0 Å². The van der Waals surface area contributed by atoms with Gasteiger partial charge in [0.1, 0.15) is 12.1 Å².